The maximum Gasteiger partial charge on any atom is 0.414 e. The molecule has 2 rings (SSSR count). The van der Waals surface area contributed by atoms with Gasteiger partial charge in [0.2, 0.25) is 0 Å². The van der Waals surface area contributed by atoms with Crippen LogP contribution in [0.3, 0.4) is 0 Å². The smallest absolute Gasteiger partial charge is 0.414 e. The number of cyclic esters (lactones) is 1. The van der Waals surface area contributed by atoms with Crippen LogP contribution >= 0.6 is 0 Å². The summed E-state index contributed by atoms with van der Waals surface area (Å²) >= 11 is 0. The highest BCUT2D eigenvalue weighted by Crippen LogP contribution is 2.35. The van der Waals surface area contributed by atoms with Crippen LogP contribution in [0.5, 0.6) is 11.5 Å². The maximum atomic E-state index is 11.4. The van der Waals surface area contributed by atoms with Gasteiger partial charge in [0.05, 0.1) is 19.3 Å². The first-order valence-electron chi connectivity index (χ1n) is 4.95. The number of amides is 1. The molecule has 0 aromatic heterocycles. The van der Waals surface area contributed by atoms with Crippen molar-refractivity contribution >= 4 is 11.8 Å². The lowest BCUT2D eigenvalue weighted by atomic mass is 10.1. The van der Waals surface area contributed by atoms with Gasteiger partial charge in [-0.3, -0.25) is 4.90 Å². The van der Waals surface area contributed by atoms with Gasteiger partial charge in [0.1, 0.15) is 6.61 Å². The van der Waals surface area contributed by atoms with Gasteiger partial charge in [-0.1, -0.05) is 0 Å². The molecule has 0 unspecified atom stereocenters. The van der Waals surface area contributed by atoms with Crippen LogP contribution in [-0.2, 0) is 4.74 Å². The zero-order valence-corrected chi connectivity index (χ0v) is 9.19. The number of anilines is 1. The van der Waals surface area contributed by atoms with Crippen molar-refractivity contribution in [1.82, 2.24) is 0 Å². The van der Waals surface area contributed by atoms with Crippen LogP contribution in [0.1, 0.15) is 5.56 Å². The standard InChI is InChI=1S/C11H13NO4/c1-7-5-8(6-9(15-2)10(7)13)12-3-4-16-11(12)14/h5-6,13H,3-4H2,1-2H3. The van der Waals surface area contributed by atoms with Crippen LogP contribution in [0.15, 0.2) is 12.1 Å². The zero-order valence-electron chi connectivity index (χ0n) is 9.19. The number of phenols is 1. The summed E-state index contributed by atoms with van der Waals surface area (Å²) in [6.45, 7) is 2.66. The van der Waals surface area contributed by atoms with Gasteiger partial charge in [0.25, 0.3) is 0 Å². The quantitative estimate of drug-likeness (QED) is 0.828. The highest BCUT2D eigenvalue weighted by molar-refractivity contribution is 5.90. The Hall–Kier alpha value is -1.91. The van der Waals surface area contributed by atoms with Gasteiger partial charge in [-0.15, -0.1) is 0 Å². The van der Waals surface area contributed by atoms with E-state index in [4.69, 9.17) is 9.47 Å². The lowest BCUT2D eigenvalue weighted by molar-refractivity contribution is 0.181. The number of aryl methyl sites for hydroxylation is 1. The number of aromatic hydroxyl groups is 1. The van der Waals surface area contributed by atoms with Crippen molar-refractivity contribution in [3.8, 4) is 11.5 Å². The Morgan fingerprint density at radius 2 is 2.25 bits per heavy atom. The second-order valence-electron chi connectivity index (χ2n) is 3.58. The number of carbonyl (C=O) groups is 1. The highest BCUT2D eigenvalue weighted by atomic mass is 16.6. The molecule has 1 fully saturated rings. The number of carbonyl (C=O) groups excluding carboxylic acids is 1. The van der Waals surface area contributed by atoms with Gasteiger partial charge >= 0.3 is 6.09 Å². The highest BCUT2D eigenvalue weighted by Gasteiger charge is 2.24. The molecule has 0 aliphatic carbocycles. The molecule has 0 spiro atoms. The monoisotopic (exact) mass is 223 g/mol. The van der Waals surface area contributed by atoms with E-state index in [1.807, 2.05) is 0 Å². The van der Waals surface area contributed by atoms with Crippen molar-refractivity contribution in [3.05, 3.63) is 17.7 Å². The minimum Gasteiger partial charge on any atom is -0.504 e. The molecule has 0 bridgehead atoms. The van der Waals surface area contributed by atoms with Crippen LogP contribution < -0.4 is 9.64 Å². The fourth-order valence-electron chi connectivity index (χ4n) is 1.67. The zero-order chi connectivity index (χ0) is 11.7. The van der Waals surface area contributed by atoms with Gasteiger partial charge in [0.15, 0.2) is 11.5 Å². The summed E-state index contributed by atoms with van der Waals surface area (Å²) in [7, 11) is 1.47. The third-order valence-corrected chi connectivity index (χ3v) is 2.54. The summed E-state index contributed by atoms with van der Waals surface area (Å²) in [5, 5.41) is 9.67. The molecule has 1 aromatic carbocycles. The van der Waals surface area contributed by atoms with Crippen molar-refractivity contribution in [2.45, 2.75) is 6.92 Å². The van der Waals surface area contributed by atoms with E-state index in [-0.39, 0.29) is 11.8 Å². The van der Waals surface area contributed by atoms with Crippen molar-refractivity contribution < 1.29 is 19.4 Å². The van der Waals surface area contributed by atoms with Crippen LogP contribution in [-0.4, -0.2) is 31.5 Å². The van der Waals surface area contributed by atoms with Gasteiger partial charge in [0, 0.05) is 6.07 Å². The van der Waals surface area contributed by atoms with E-state index in [0.717, 1.165) is 0 Å². The first-order valence-corrected chi connectivity index (χ1v) is 4.95. The summed E-state index contributed by atoms with van der Waals surface area (Å²) in [5.41, 5.74) is 1.34. The summed E-state index contributed by atoms with van der Waals surface area (Å²) < 4.78 is 9.88. The molecule has 1 aliphatic heterocycles. The number of phenolic OH excluding ortho intramolecular Hbond substituents is 1. The minimum atomic E-state index is -0.368. The molecule has 1 amide bonds. The molecule has 0 saturated carbocycles. The number of hydrogen-bond acceptors (Lipinski definition) is 4. The molecular weight excluding hydrogens is 210 g/mol. The first-order chi connectivity index (χ1) is 7.63. The van der Waals surface area contributed by atoms with Gasteiger partial charge < -0.3 is 14.6 Å². The summed E-state index contributed by atoms with van der Waals surface area (Å²) in [5.74, 6) is 0.452. The summed E-state index contributed by atoms with van der Waals surface area (Å²) in [6.07, 6.45) is -0.368. The van der Waals surface area contributed by atoms with E-state index in [9.17, 15) is 9.90 Å². The predicted octanol–water partition coefficient (Wildman–Crippen LogP) is 1.67. The molecule has 0 atom stereocenters. The number of benzene rings is 1. The number of methoxy groups -OCH3 is 1. The summed E-state index contributed by atoms with van der Waals surface area (Å²) in [6, 6.07) is 3.35. The fourth-order valence-corrected chi connectivity index (χ4v) is 1.67. The number of rotatable bonds is 2. The third-order valence-electron chi connectivity index (χ3n) is 2.54. The van der Waals surface area contributed by atoms with Gasteiger partial charge in [-0.2, -0.15) is 0 Å². The second kappa shape index (κ2) is 3.92. The predicted molar refractivity (Wildman–Crippen MR) is 58.1 cm³/mol. The maximum absolute atomic E-state index is 11.4. The SMILES string of the molecule is COc1cc(N2CCOC2=O)cc(C)c1O. The van der Waals surface area contributed by atoms with E-state index in [2.05, 4.69) is 0 Å². The number of ether oxygens (including phenoxy) is 2. The molecule has 5 nitrogen and oxygen atoms in total. The first kappa shape index (κ1) is 10.6. The average molecular weight is 223 g/mol. The molecule has 1 N–H and O–H groups in total. The lowest BCUT2D eigenvalue weighted by Crippen LogP contribution is -2.23. The number of hydrogen-bond donors (Lipinski definition) is 1. The van der Waals surface area contributed by atoms with E-state index < -0.39 is 0 Å². The second-order valence-corrected chi connectivity index (χ2v) is 3.58. The molecule has 1 saturated heterocycles. The van der Waals surface area contributed by atoms with Gasteiger partial charge in [-0.25, -0.2) is 4.79 Å². The molecule has 1 aromatic rings. The van der Waals surface area contributed by atoms with E-state index in [0.29, 0.717) is 30.2 Å². The van der Waals surface area contributed by atoms with Crippen molar-refractivity contribution in [1.29, 1.82) is 0 Å². The van der Waals surface area contributed by atoms with Crippen LogP contribution in [0, 0.1) is 6.92 Å². The lowest BCUT2D eigenvalue weighted by Gasteiger charge is -2.15. The van der Waals surface area contributed by atoms with Crippen LogP contribution in [0.2, 0.25) is 0 Å². The Morgan fingerprint density at radius 3 is 2.81 bits per heavy atom. The molecule has 86 valence electrons. The summed E-state index contributed by atoms with van der Waals surface area (Å²) in [4.78, 5) is 12.9. The Morgan fingerprint density at radius 1 is 1.50 bits per heavy atom. The number of nitrogens with zero attached hydrogens (tertiary/aromatic N) is 1. The van der Waals surface area contributed by atoms with Gasteiger partial charge in [-0.05, 0) is 18.6 Å². The Kier molecular flexibility index (Phi) is 2.60. The normalized spacial score (nSPS) is 15.1. The molecule has 16 heavy (non-hydrogen) atoms. The van der Waals surface area contributed by atoms with E-state index >= 15 is 0 Å². The van der Waals surface area contributed by atoms with E-state index in [1.165, 1.54) is 12.0 Å². The van der Waals surface area contributed by atoms with Crippen LogP contribution in [0.25, 0.3) is 0 Å². The minimum absolute atomic E-state index is 0.0961. The Balaban J connectivity index is 2.42. The molecular formula is C11H13NO4. The largest absolute Gasteiger partial charge is 0.504 e. The molecule has 1 aliphatic rings. The van der Waals surface area contributed by atoms with Crippen molar-refractivity contribution in [3.63, 3.8) is 0 Å². The van der Waals surface area contributed by atoms with Crippen molar-refractivity contribution in [2.75, 3.05) is 25.2 Å². The fraction of sp³-hybridized carbons (Fsp3) is 0.364. The average Bonchev–Trinajstić information content (AvgIpc) is 2.68. The molecule has 0 radical (unpaired) electrons. The Bertz CT molecular complexity index is 430. The van der Waals surface area contributed by atoms with E-state index in [1.54, 1.807) is 19.1 Å². The third kappa shape index (κ3) is 1.64. The molecule has 5 heteroatoms. The topological polar surface area (TPSA) is 59.0 Å². The Labute approximate surface area is 93.2 Å². The molecule has 1 heterocycles. The van der Waals surface area contributed by atoms with Crippen molar-refractivity contribution in [2.24, 2.45) is 0 Å². The van der Waals surface area contributed by atoms with Crippen LogP contribution in [0.4, 0.5) is 10.5 Å².